The average Bonchev–Trinajstić information content (AvgIpc) is 1.91. The van der Waals surface area contributed by atoms with E-state index >= 15 is 0 Å². The summed E-state index contributed by atoms with van der Waals surface area (Å²) in [6, 6.07) is 0. The first-order valence-electron chi connectivity index (χ1n) is 4.26. The maximum Gasteiger partial charge on any atom is 0.0626 e. The van der Waals surface area contributed by atoms with Gasteiger partial charge in [-0.05, 0) is 32.7 Å². The zero-order chi connectivity index (χ0) is 8.86. The second-order valence-electron chi connectivity index (χ2n) is 5.03. The summed E-state index contributed by atoms with van der Waals surface area (Å²) in [4.78, 5) is 2.27. The van der Waals surface area contributed by atoms with Gasteiger partial charge in [-0.3, -0.25) is 4.90 Å². The van der Waals surface area contributed by atoms with Crippen LogP contribution in [0.5, 0.6) is 0 Å². The second kappa shape index (κ2) is 2.20. The predicted octanol–water partition coefficient (Wildman–Crippen LogP) is 1.41. The number of nitrogens with zero attached hydrogens (tertiary/aromatic N) is 1. The molecule has 0 bridgehead atoms. The van der Waals surface area contributed by atoms with Crippen LogP contribution < -0.4 is 5.73 Å². The van der Waals surface area contributed by atoms with E-state index in [0.29, 0.717) is 0 Å². The van der Waals surface area contributed by atoms with Crippen LogP contribution >= 0.6 is 0 Å². The van der Waals surface area contributed by atoms with Gasteiger partial charge >= 0.3 is 0 Å². The Labute approximate surface area is 69.8 Å². The molecule has 2 nitrogen and oxygen atoms in total. The first-order valence-corrected chi connectivity index (χ1v) is 4.26. The quantitative estimate of drug-likeness (QED) is 0.574. The van der Waals surface area contributed by atoms with Crippen LogP contribution in [0, 0.1) is 5.41 Å². The third kappa shape index (κ3) is 1.30. The van der Waals surface area contributed by atoms with Crippen molar-refractivity contribution < 1.29 is 0 Å². The van der Waals surface area contributed by atoms with Gasteiger partial charge in [-0.25, -0.2) is 0 Å². The Morgan fingerprint density at radius 2 is 1.73 bits per heavy atom. The molecule has 2 heteroatoms. The van der Waals surface area contributed by atoms with Gasteiger partial charge in [0.15, 0.2) is 0 Å². The zero-order valence-electron chi connectivity index (χ0n) is 8.31. The summed E-state index contributed by atoms with van der Waals surface area (Å²) in [5.41, 5.74) is 6.59. The van der Waals surface area contributed by atoms with Crippen LogP contribution in [-0.2, 0) is 0 Å². The molecule has 1 fully saturated rings. The third-order valence-corrected chi connectivity index (χ3v) is 3.06. The van der Waals surface area contributed by atoms with Gasteiger partial charge in [0.2, 0.25) is 0 Å². The van der Waals surface area contributed by atoms with Crippen molar-refractivity contribution in [1.29, 1.82) is 0 Å². The lowest BCUT2D eigenvalue weighted by Crippen LogP contribution is -2.46. The summed E-state index contributed by atoms with van der Waals surface area (Å²) in [7, 11) is 2.11. The molecule has 1 aliphatic rings. The molecule has 1 atom stereocenters. The Hall–Kier alpha value is -0.0800. The van der Waals surface area contributed by atoms with Crippen molar-refractivity contribution in [1.82, 2.24) is 4.90 Å². The first kappa shape index (κ1) is 9.01. The minimum atomic E-state index is 0.206. The lowest BCUT2D eigenvalue weighted by Gasteiger charge is -2.30. The molecular formula is C9H20N2. The van der Waals surface area contributed by atoms with Crippen molar-refractivity contribution in [3.8, 4) is 0 Å². The summed E-state index contributed by atoms with van der Waals surface area (Å²) in [6.07, 6.45) is 1.38. The first-order chi connectivity index (χ1) is 4.77. The molecule has 1 unspecified atom stereocenters. The molecule has 0 amide bonds. The minimum Gasteiger partial charge on any atom is -0.315 e. The molecule has 1 aliphatic heterocycles. The van der Waals surface area contributed by atoms with Crippen LogP contribution in [0.3, 0.4) is 0 Å². The van der Waals surface area contributed by atoms with Crippen molar-refractivity contribution in [2.75, 3.05) is 7.05 Å². The number of likely N-dealkylation sites (tertiary alicyclic amines) is 1. The largest absolute Gasteiger partial charge is 0.315 e. The van der Waals surface area contributed by atoms with Crippen LogP contribution in [0.15, 0.2) is 0 Å². The SMILES string of the molecule is CN1C(N)C(C)(C)CC1(C)C. The van der Waals surface area contributed by atoms with Gasteiger partial charge in [-0.1, -0.05) is 13.8 Å². The van der Waals surface area contributed by atoms with Gasteiger partial charge in [0, 0.05) is 5.54 Å². The van der Waals surface area contributed by atoms with Crippen LogP contribution in [0.2, 0.25) is 0 Å². The van der Waals surface area contributed by atoms with Crippen molar-refractivity contribution in [3.63, 3.8) is 0 Å². The van der Waals surface area contributed by atoms with Crippen molar-refractivity contribution >= 4 is 0 Å². The summed E-state index contributed by atoms with van der Waals surface area (Å²) in [5.74, 6) is 0. The van der Waals surface area contributed by atoms with E-state index < -0.39 is 0 Å². The maximum atomic E-state index is 6.06. The van der Waals surface area contributed by atoms with E-state index in [2.05, 4.69) is 39.6 Å². The van der Waals surface area contributed by atoms with Crippen molar-refractivity contribution in [3.05, 3.63) is 0 Å². The summed E-state index contributed by atoms with van der Waals surface area (Å²) in [6.45, 7) is 8.98. The molecule has 0 saturated carbocycles. The lowest BCUT2D eigenvalue weighted by atomic mass is 9.84. The monoisotopic (exact) mass is 156 g/mol. The fourth-order valence-electron chi connectivity index (χ4n) is 2.25. The Kier molecular flexibility index (Phi) is 1.81. The maximum absolute atomic E-state index is 6.06. The number of nitrogens with two attached hydrogens (primary N) is 1. The van der Waals surface area contributed by atoms with Crippen LogP contribution in [0.1, 0.15) is 34.1 Å². The van der Waals surface area contributed by atoms with Crippen LogP contribution in [0.4, 0.5) is 0 Å². The van der Waals surface area contributed by atoms with Gasteiger partial charge in [-0.2, -0.15) is 0 Å². The smallest absolute Gasteiger partial charge is 0.0626 e. The minimum absolute atomic E-state index is 0.206. The van der Waals surface area contributed by atoms with Gasteiger partial charge in [-0.15, -0.1) is 0 Å². The molecule has 1 saturated heterocycles. The summed E-state index contributed by atoms with van der Waals surface area (Å²) < 4.78 is 0. The average molecular weight is 156 g/mol. The van der Waals surface area contributed by atoms with Gasteiger partial charge in [0.25, 0.3) is 0 Å². The molecule has 66 valence electrons. The molecule has 11 heavy (non-hydrogen) atoms. The molecule has 0 aromatic rings. The van der Waals surface area contributed by atoms with Gasteiger partial charge < -0.3 is 5.73 Å². The number of hydrogen-bond acceptors (Lipinski definition) is 2. The van der Waals surface area contributed by atoms with Crippen molar-refractivity contribution in [2.45, 2.75) is 45.8 Å². The van der Waals surface area contributed by atoms with E-state index in [1.807, 2.05) is 0 Å². The van der Waals surface area contributed by atoms with Gasteiger partial charge in [0.05, 0.1) is 6.17 Å². The number of hydrogen-bond donors (Lipinski definition) is 1. The molecule has 2 N–H and O–H groups in total. The fraction of sp³-hybridized carbons (Fsp3) is 1.00. The molecule has 0 aliphatic carbocycles. The van der Waals surface area contributed by atoms with E-state index in [-0.39, 0.29) is 17.1 Å². The normalized spacial score (nSPS) is 36.0. The molecule has 0 aromatic heterocycles. The molecule has 0 aromatic carbocycles. The highest BCUT2D eigenvalue weighted by atomic mass is 15.3. The van der Waals surface area contributed by atoms with Gasteiger partial charge in [0.1, 0.15) is 0 Å². The molecule has 1 rings (SSSR count). The highest BCUT2D eigenvalue weighted by Crippen LogP contribution is 2.42. The topological polar surface area (TPSA) is 29.3 Å². The van der Waals surface area contributed by atoms with E-state index in [1.54, 1.807) is 0 Å². The Bertz CT molecular complexity index is 143. The zero-order valence-corrected chi connectivity index (χ0v) is 8.31. The summed E-state index contributed by atoms with van der Waals surface area (Å²) >= 11 is 0. The highest BCUT2D eigenvalue weighted by molar-refractivity contribution is 5.00. The molecule has 1 heterocycles. The molecule has 0 radical (unpaired) electrons. The van der Waals surface area contributed by atoms with E-state index in [4.69, 9.17) is 5.73 Å². The van der Waals surface area contributed by atoms with E-state index in [9.17, 15) is 0 Å². The van der Waals surface area contributed by atoms with E-state index in [1.165, 1.54) is 6.42 Å². The molecular weight excluding hydrogens is 136 g/mol. The second-order valence-corrected chi connectivity index (χ2v) is 5.03. The molecule has 0 spiro atoms. The van der Waals surface area contributed by atoms with E-state index in [0.717, 1.165) is 0 Å². The Balaban J connectivity index is 2.86. The number of rotatable bonds is 0. The summed E-state index contributed by atoms with van der Waals surface area (Å²) in [5, 5.41) is 0. The third-order valence-electron chi connectivity index (χ3n) is 3.06. The van der Waals surface area contributed by atoms with Crippen LogP contribution in [-0.4, -0.2) is 23.7 Å². The Morgan fingerprint density at radius 1 is 1.27 bits per heavy atom. The predicted molar refractivity (Wildman–Crippen MR) is 48.2 cm³/mol. The standard InChI is InChI=1S/C9H20N2/c1-8(2)6-9(3,4)11(5)7(8)10/h7H,6,10H2,1-5H3. The van der Waals surface area contributed by atoms with Crippen molar-refractivity contribution in [2.24, 2.45) is 11.1 Å². The van der Waals surface area contributed by atoms with Crippen LogP contribution in [0.25, 0.3) is 0 Å². The highest BCUT2D eigenvalue weighted by Gasteiger charge is 2.46. The Morgan fingerprint density at radius 3 is 1.82 bits per heavy atom. The lowest BCUT2D eigenvalue weighted by molar-refractivity contribution is 0.155. The fourth-order valence-corrected chi connectivity index (χ4v) is 2.25.